The Morgan fingerprint density at radius 1 is 1.05 bits per heavy atom. The summed E-state index contributed by atoms with van der Waals surface area (Å²) in [6, 6.07) is 18.3. The fraction of sp³-hybridized carbons (Fsp3) is 0. The minimum atomic E-state index is -1.52. The molecule has 3 nitrogen and oxygen atoms in total. The van der Waals surface area contributed by atoms with Gasteiger partial charge in [0.1, 0.15) is 5.75 Å². The molecule has 0 aliphatic rings. The Balaban J connectivity index is 1.99. The largest absolute Gasteiger partial charge is 0.507 e. The molecule has 0 radical (unpaired) electrons. The summed E-state index contributed by atoms with van der Waals surface area (Å²) in [5.41, 5.74) is 0.571. The van der Waals surface area contributed by atoms with Crippen LogP contribution < -0.4 is 0 Å². The van der Waals surface area contributed by atoms with E-state index in [-0.39, 0.29) is 5.75 Å². The molecule has 0 bridgehead atoms. The Bertz CT molecular complexity index is 893. The molecule has 22 heavy (non-hydrogen) atoms. The molecule has 0 saturated heterocycles. The molecule has 0 heterocycles. The van der Waals surface area contributed by atoms with Crippen LogP contribution in [-0.2, 0) is 11.0 Å². The van der Waals surface area contributed by atoms with Gasteiger partial charge in [0.2, 0.25) is 0 Å². The summed E-state index contributed by atoms with van der Waals surface area (Å²) in [7, 11) is -1.52. The summed E-state index contributed by atoms with van der Waals surface area (Å²) in [6.45, 7) is 0. The van der Waals surface area contributed by atoms with Crippen molar-refractivity contribution in [1.82, 2.24) is 0 Å². The van der Waals surface area contributed by atoms with Gasteiger partial charge in [-0.3, -0.25) is 0 Å². The number of phenolic OH excluding ortho intramolecular Hbond substituents is 1. The average molecular weight is 374 g/mol. The molecule has 0 aliphatic carbocycles. The molecule has 0 aromatic heterocycles. The molecular weight excluding hydrogens is 362 g/mol. The lowest BCUT2D eigenvalue weighted by atomic mass is 10.0. The van der Waals surface area contributed by atoms with Gasteiger partial charge in [0.25, 0.3) is 0 Å². The van der Waals surface area contributed by atoms with E-state index >= 15 is 0 Å². The zero-order valence-electron chi connectivity index (χ0n) is 11.4. The molecule has 0 spiro atoms. The molecule has 3 rings (SSSR count). The van der Waals surface area contributed by atoms with Gasteiger partial charge in [-0.1, -0.05) is 52.3 Å². The summed E-state index contributed by atoms with van der Waals surface area (Å²) < 4.78 is 17.2. The van der Waals surface area contributed by atoms with Crippen LogP contribution >= 0.6 is 15.9 Å². The van der Waals surface area contributed by atoms with Crippen LogP contribution in [0.2, 0.25) is 0 Å². The number of hydrogen-bond acceptors (Lipinski definition) is 2. The predicted molar refractivity (Wildman–Crippen MR) is 93.8 cm³/mol. The Morgan fingerprint density at radius 3 is 2.68 bits per heavy atom. The number of nitrogens with zero attached hydrogens (tertiary/aromatic N) is 1. The molecule has 0 aliphatic heterocycles. The summed E-state index contributed by atoms with van der Waals surface area (Å²) in [5.74, 6) is 0.119. The van der Waals surface area contributed by atoms with Gasteiger partial charge in [0.15, 0.2) is 11.0 Å². The number of phenols is 1. The molecule has 0 fully saturated rings. The third kappa shape index (κ3) is 3.10. The maximum absolute atomic E-state index is 12.2. The van der Waals surface area contributed by atoms with Crippen LogP contribution in [0.5, 0.6) is 5.75 Å². The Morgan fingerprint density at radius 2 is 1.86 bits per heavy atom. The summed E-state index contributed by atoms with van der Waals surface area (Å²) in [4.78, 5) is 0.602. The van der Waals surface area contributed by atoms with Crippen LogP contribution in [0.1, 0.15) is 5.56 Å². The molecular formula is C17H12BrNO2S. The van der Waals surface area contributed by atoms with Crippen LogP contribution in [0.15, 0.2) is 74.4 Å². The molecule has 1 atom stereocenters. The Kier molecular flexibility index (Phi) is 4.36. The number of rotatable bonds is 3. The van der Waals surface area contributed by atoms with E-state index in [1.165, 1.54) is 6.21 Å². The van der Waals surface area contributed by atoms with Crippen molar-refractivity contribution in [3.8, 4) is 5.75 Å². The van der Waals surface area contributed by atoms with Crippen molar-refractivity contribution in [3.63, 3.8) is 0 Å². The number of hydrogen-bond donors (Lipinski definition) is 1. The first kappa shape index (κ1) is 14.9. The minimum absolute atomic E-state index is 0.119. The average Bonchev–Trinajstić information content (AvgIpc) is 2.53. The van der Waals surface area contributed by atoms with Crippen molar-refractivity contribution in [1.29, 1.82) is 0 Å². The Hall–Kier alpha value is -1.98. The van der Waals surface area contributed by atoms with Gasteiger partial charge in [-0.25, -0.2) is 4.21 Å². The number of fused-ring (bicyclic) bond motifs is 1. The number of benzene rings is 3. The quantitative estimate of drug-likeness (QED) is 0.689. The standard InChI is InChI=1S/C17H12BrNO2S/c18-13-5-3-6-14(10-13)22(21)19-11-16-15-7-2-1-4-12(15)8-9-17(16)20/h1-11,20H/b19-11+. The van der Waals surface area contributed by atoms with Crippen LogP contribution in [0.25, 0.3) is 10.8 Å². The second kappa shape index (κ2) is 6.42. The van der Waals surface area contributed by atoms with Gasteiger partial charge in [-0.05, 0) is 35.0 Å². The van der Waals surface area contributed by atoms with Crippen molar-refractivity contribution >= 4 is 43.9 Å². The third-order valence-electron chi connectivity index (χ3n) is 3.22. The summed E-state index contributed by atoms with van der Waals surface area (Å²) in [5, 5.41) is 11.9. The van der Waals surface area contributed by atoms with Gasteiger partial charge in [-0.15, -0.1) is 0 Å². The Labute approximate surface area is 139 Å². The van der Waals surface area contributed by atoms with Crippen molar-refractivity contribution < 1.29 is 9.32 Å². The van der Waals surface area contributed by atoms with E-state index in [1.54, 1.807) is 18.2 Å². The van der Waals surface area contributed by atoms with E-state index in [4.69, 9.17) is 0 Å². The van der Waals surface area contributed by atoms with E-state index in [0.29, 0.717) is 10.5 Å². The second-order valence-corrected chi connectivity index (χ2v) is 6.76. The molecule has 110 valence electrons. The van der Waals surface area contributed by atoms with Gasteiger partial charge < -0.3 is 5.11 Å². The maximum atomic E-state index is 12.2. The van der Waals surface area contributed by atoms with Gasteiger partial charge >= 0.3 is 0 Å². The van der Waals surface area contributed by atoms with Crippen molar-refractivity contribution in [2.75, 3.05) is 0 Å². The molecule has 1 unspecified atom stereocenters. The zero-order chi connectivity index (χ0) is 15.5. The monoisotopic (exact) mass is 373 g/mol. The SMILES string of the molecule is O=S(/N=C/c1c(O)ccc2ccccc12)c1cccc(Br)c1. The van der Waals surface area contributed by atoms with Crippen molar-refractivity contribution in [2.24, 2.45) is 4.40 Å². The van der Waals surface area contributed by atoms with Gasteiger partial charge in [0.05, 0.1) is 4.90 Å². The van der Waals surface area contributed by atoms with Gasteiger partial charge in [0, 0.05) is 16.3 Å². The first-order valence-electron chi connectivity index (χ1n) is 6.57. The van der Waals surface area contributed by atoms with E-state index < -0.39 is 11.0 Å². The topological polar surface area (TPSA) is 49.7 Å². The molecule has 5 heteroatoms. The third-order valence-corrected chi connectivity index (χ3v) is 4.67. The predicted octanol–water partition coefficient (Wildman–Crippen LogP) is 4.45. The highest BCUT2D eigenvalue weighted by Crippen LogP contribution is 2.25. The van der Waals surface area contributed by atoms with Crippen LogP contribution in [0.4, 0.5) is 0 Å². The number of aromatic hydroxyl groups is 1. The maximum Gasteiger partial charge on any atom is 0.172 e. The van der Waals surface area contributed by atoms with Crippen LogP contribution in [0, 0.1) is 0 Å². The lowest BCUT2D eigenvalue weighted by molar-refractivity contribution is 0.475. The van der Waals surface area contributed by atoms with E-state index in [1.807, 2.05) is 42.5 Å². The highest BCUT2D eigenvalue weighted by molar-refractivity contribution is 9.10. The molecule has 3 aromatic rings. The smallest absolute Gasteiger partial charge is 0.172 e. The van der Waals surface area contributed by atoms with Crippen molar-refractivity contribution in [2.45, 2.75) is 4.90 Å². The molecule has 1 N–H and O–H groups in total. The van der Waals surface area contributed by atoms with Crippen LogP contribution in [0.3, 0.4) is 0 Å². The summed E-state index contributed by atoms with van der Waals surface area (Å²) >= 11 is 3.34. The summed E-state index contributed by atoms with van der Waals surface area (Å²) in [6.07, 6.45) is 1.47. The fourth-order valence-corrected chi connectivity index (χ4v) is 3.45. The lowest BCUT2D eigenvalue weighted by Crippen LogP contribution is -1.91. The fourth-order valence-electron chi connectivity index (χ4n) is 2.16. The van der Waals surface area contributed by atoms with E-state index in [0.717, 1.165) is 15.2 Å². The van der Waals surface area contributed by atoms with Crippen molar-refractivity contribution in [3.05, 3.63) is 70.7 Å². The molecule has 3 aromatic carbocycles. The molecule has 0 saturated carbocycles. The van der Waals surface area contributed by atoms with Gasteiger partial charge in [-0.2, -0.15) is 4.40 Å². The molecule has 0 amide bonds. The number of halogens is 1. The first-order valence-corrected chi connectivity index (χ1v) is 8.47. The minimum Gasteiger partial charge on any atom is -0.507 e. The highest BCUT2D eigenvalue weighted by atomic mass is 79.9. The van der Waals surface area contributed by atoms with E-state index in [9.17, 15) is 9.32 Å². The highest BCUT2D eigenvalue weighted by Gasteiger charge is 2.06. The van der Waals surface area contributed by atoms with E-state index in [2.05, 4.69) is 20.3 Å². The van der Waals surface area contributed by atoms with Crippen LogP contribution in [-0.4, -0.2) is 15.5 Å². The normalized spacial score (nSPS) is 12.8. The first-order chi connectivity index (χ1) is 10.6. The second-order valence-electron chi connectivity index (χ2n) is 4.66. The zero-order valence-corrected chi connectivity index (χ0v) is 13.8. The lowest BCUT2D eigenvalue weighted by Gasteiger charge is -2.04.